The van der Waals surface area contributed by atoms with Crippen LogP contribution in [0.3, 0.4) is 0 Å². The van der Waals surface area contributed by atoms with Gasteiger partial charge in [-0.15, -0.1) is 0 Å². The standard InChI is InChI=1S/C17H21ClN4O/c1-10(2)7-21-17(23)14-8-20-15(9-19-14)22-16-12(4)5-11(3)6-13(16)18/h5-6,8-10H,7H2,1-4H3,(H,20,22)(H,21,23). The van der Waals surface area contributed by atoms with Gasteiger partial charge in [-0.3, -0.25) is 4.79 Å². The lowest BCUT2D eigenvalue weighted by Crippen LogP contribution is -2.28. The van der Waals surface area contributed by atoms with E-state index in [0.717, 1.165) is 16.8 Å². The van der Waals surface area contributed by atoms with Crippen molar-refractivity contribution in [2.45, 2.75) is 27.7 Å². The van der Waals surface area contributed by atoms with Crippen LogP contribution in [-0.4, -0.2) is 22.4 Å². The Balaban J connectivity index is 2.10. The van der Waals surface area contributed by atoms with E-state index in [-0.39, 0.29) is 5.91 Å². The van der Waals surface area contributed by atoms with Crippen LogP contribution in [0.15, 0.2) is 24.5 Å². The van der Waals surface area contributed by atoms with E-state index in [9.17, 15) is 4.79 Å². The van der Waals surface area contributed by atoms with Crippen LogP contribution < -0.4 is 10.6 Å². The summed E-state index contributed by atoms with van der Waals surface area (Å²) in [5, 5.41) is 6.58. The van der Waals surface area contributed by atoms with Crippen molar-refractivity contribution in [2.24, 2.45) is 5.92 Å². The highest BCUT2D eigenvalue weighted by atomic mass is 35.5. The number of aromatic nitrogens is 2. The number of carbonyl (C=O) groups is 1. The maximum absolute atomic E-state index is 11.9. The van der Waals surface area contributed by atoms with Crippen LogP contribution in [0.25, 0.3) is 0 Å². The molecule has 0 aliphatic heterocycles. The Morgan fingerprint density at radius 3 is 2.52 bits per heavy atom. The van der Waals surface area contributed by atoms with E-state index in [2.05, 4.69) is 20.6 Å². The fourth-order valence-corrected chi connectivity index (χ4v) is 2.47. The van der Waals surface area contributed by atoms with E-state index in [4.69, 9.17) is 11.6 Å². The zero-order valence-corrected chi connectivity index (χ0v) is 14.5. The molecule has 0 unspecified atom stereocenters. The van der Waals surface area contributed by atoms with Crippen LogP contribution in [0, 0.1) is 19.8 Å². The van der Waals surface area contributed by atoms with Crippen molar-refractivity contribution >= 4 is 29.0 Å². The fourth-order valence-electron chi connectivity index (χ4n) is 2.10. The van der Waals surface area contributed by atoms with Crippen molar-refractivity contribution in [1.29, 1.82) is 0 Å². The SMILES string of the molecule is Cc1cc(C)c(Nc2cnc(C(=O)NCC(C)C)cn2)c(Cl)c1. The van der Waals surface area contributed by atoms with Gasteiger partial charge in [-0.1, -0.05) is 31.5 Å². The molecule has 0 fully saturated rings. The van der Waals surface area contributed by atoms with Gasteiger partial charge in [-0.05, 0) is 37.0 Å². The number of nitrogens with one attached hydrogen (secondary N) is 2. The molecule has 5 nitrogen and oxygen atoms in total. The zero-order valence-electron chi connectivity index (χ0n) is 13.8. The molecule has 2 aromatic rings. The molecule has 122 valence electrons. The lowest BCUT2D eigenvalue weighted by Gasteiger charge is -2.12. The summed E-state index contributed by atoms with van der Waals surface area (Å²) in [6.07, 6.45) is 2.98. The number of amides is 1. The second kappa shape index (κ2) is 7.42. The van der Waals surface area contributed by atoms with Crippen molar-refractivity contribution in [3.8, 4) is 0 Å². The van der Waals surface area contributed by atoms with Crippen LogP contribution in [0.2, 0.25) is 5.02 Å². The Bertz CT molecular complexity index is 675. The van der Waals surface area contributed by atoms with E-state index in [1.165, 1.54) is 12.4 Å². The molecule has 0 saturated heterocycles. The molecule has 2 rings (SSSR count). The Morgan fingerprint density at radius 1 is 1.22 bits per heavy atom. The average Bonchev–Trinajstić information content (AvgIpc) is 2.49. The lowest BCUT2D eigenvalue weighted by atomic mass is 10.1. The minimum Gasteiger partial charge on any atom is -0.350 e. The van der Waals surface area contributed by atoms with Crippen molar-refractivity contribution < 1.29 is 4.79 Å². The number of nitrogens with zero attached hydrogens (tertiary/aromatic N) is 2. The molecule has 0 bridgehead atoms. The van der Waals surface area contributed by atoms with Gasteiger partial charge in [-0.25, -0.2) is 9.97 Å². The summed E-state index contributed by atoms with van der Waals surface area (Å²) in [6.45, 7) is 8.65. The van der Waals surface area contributed by atoms with Crippen molar-refractivity contribution in [2.75, 3.05) is 11.9 Å². The Kier molecular flexibility index (Phi) is 5.55. The maximum atomic E-state index is 11.9. The number of carbonyl (C=O) groups excluding carboxylic acids is 1. The van der Waals surface area contributed by atoms with Crippen molar-refractivity contribution in [3.05, 3.63) is 46.4 Å². The van der Waals surface area contributed by atoms with E-state index >= 15 is 0 Å². The highest BCUT2D eigenvalue weighted by Crippen LogP contribution is 2.29. The summed E-state index contributed by atoms with van der Waals surface area (Å²) in [6, 6.07) is 3.92. The fraction of sp³-hybridized carbons (Fsp3) is 0.353. The third-order valence-electron chi connectivity index (χ3n) is 3.24. The maximum Gasteiger partial charge on any atom is 0.271 e. The number of halogens is 1. The first-order chi connectivity index (χ1) is 10.9. The number of anilines is 2. The summed E-state index contributed by atoms with van der Waals surface area (Å²) in [7, 11) is 0. The third-order valence-corrected chi connectivity index (χ3v) is 3.54. The minimum atomic E-state index is -0.220. The molecule has 0 aliphatic rings. The molecule has 1 aromatic carbocycles. The molecular weight excluding hydrogens is 312 g/mol. The quantitative estimate of drug-likeness (QED) is 0.872. The summed E-state index contributed by atoms with van der Waals surface area (Å²) < 4.78 is 0. The van der Waals surface area contributed by atoms with E-state index in [1.54, 1.807) is 0 Å². The van der Waals surface area contributed by atoms with Crippen molar-refractivity contribution in [1.82, 2.24) is 15.3 Å². The largest absolute Gasteiger partial charge is 0.350 e. The van der Waals surface area contributed by atoms with Gasteiger partial charge in [0, 0.05) is 6.54 Å². The Morgan fingerprint density at radius 2 is 1.96 bits per heavy atom. The summed E-state index contributed by atoms with van der Waals surface area (Å²) in [4.78, 5) is 20.3. The van der Waals surface area contributed by atoms with Gasteiger partial charge in [0.25, 0.3) is 5.91 Å². The molecule has 2 N–H and O–H groups in total. The van der Waals surface area contributed by atoms with Crippen LogP contribution in [0.1, 0.15) is 35.5 Å². The molecule has 0 spiro atoms. The summed E-state index contributed by atoms with van der Waals surface area (Å²) in [5.74, 6) is 0.709. The molecule has 0 aliphatic carbocycles. The smallest absolute Gasteiger partial charge is 0.271 e. The van der Waals surface area contributed by atoms with Gasteiger partial charge in [0.1, 0.15) is 11.5 Å². The first-order valence-corrected chi connectivity index (χ1v) is 7.88. The van der Waals surface area contributed by atoms with Gasteiger partial charge in [0.15, 0.2) is 0 Å². The Hall–Kier alpha value is -2.14. The molecule has 23 heavy (non-hydrogen) atoms. The second-order valence-corrected chi connectivity index (χ2v) is 6.36. The van der Waals surface area contributed by atoms with Crippen LogP contribution in [0.5, 0.6) is 0 Å². The van der Waals surface area contributed by atoms with E-state index in [0.29, 0.717) is 29.0 Å². The summed E-state index contributed by atoms with van der Waals surface area (Å²) in [5.41, 5.74) is 3.21. The van der Waals surface area contributed by atoms with E-state index in [1.807, 2.05) is 39.8 Å². The number of hydrogen-bond donors (Lipinski definition) is 2. The molecule has 0 radical (unpaired) electrons. The van der Waals surface area contributed by atoms with E-state index < -0.39 is 0 Å². The molecule has 1 heterocycles. The first-order valence-electron chi connectivity index (χ1n) is 7.51. The topological polar surface area (TPSA) is 66.9 Å². The molecule has 0 saturated carbocycles. The molecule has 1 aromatic heterocycles. The van der Waals surface area contributed by atoms with Gasteiger partial charge in [-0.2, -0.15) is 0 Å². The second-order valence-electron chi connectivity index (χ2n) is 5.95. The van der Waals surface area contributed by atoms with Gasteiger partial charge in [0.05, 0.1) is 23.1 Å². The monoisotopic (exact) mass is 332 g/mol. The average molecular weight is 333 g/mol. The normalized spacial score (nSPS) is 10.7. The van der Waals surface area contributed by atoms with Gasteiger partial charge < -0.3 is 10.6 Å². The van der Waals surface area contributed by atoms with Crippen molar-refractivity contribution in [3.63, 3.8) is 0 Å². The minimum absolute atomic E-state index is 0.220. The molecular formula is C17H21ClN4O. The predicted octanol–water partition coefficient (Wildman–Crippen LogP) is 3.88. The third kappa shape index (κ3) is 4.66. The molecule has 6 heteroatoms. The van der Waals surface area contributed by atoms with Crippen LogP contribution in [0.4, 0.5) is 11.5 Å². The van der Waals surface area contributed by atoms with Gasteiger partial charge >= 0.3 is 0 Å². The zero-order chi connectivity index (χ0) is 17.0. The van der Waals surface area contributed by atoms with Crippen LogP contribution in [-0.2, 0) is 0 Å². The van der Waals surface area contributed by atoms with Crippen LogP contribution >= 0.6 is 11.6 Å². The highest BCUT2D eigenvalue weighted by Gasteiger charge is 2.10. The Labute approximate surface area is 141 Å². The number of benzene rings is 1. The molecule has 1 amide bonds. The number of aryl methyl sites for hydroxylation is 2. The summed E-state index contributed by atoms with van der Waals surface area (Å²) >= 11 is 6.26. The lowest BCUT2D eigenvalue weighted by molar-refractivity contribution is 0.0943. The highest BCUT2D eigenvalue weighted by molar-refractivity contribution is 6.33. The predicted molar refractivity (Wildman–Crippen MR) is 93.4 cm³/mol. The number of hydrogen-bond acceptors (Lipinski definition) is 4. The first kappa shape index (κ1) is 17.2. The van der Waals surface area contributed by atoms with Gasteiger partial charge in [0.2, 0.25) is 0 Å². The number of rotatable bonds is 5. The molecule has 0 atom stereocenters.